The Hall–Kier alpha value is -1.15. The van der Waals surface area contributed by atoms with E-state index >= 15 is 0 Å². The molecule has 0 unspecified atom stereocenters. The lowest BCUT2D eigenvalue weighted by Gasteiger charge is -2.26. The molecule has 0 aliphatic carbocycles. The van der Waals surface area contributed by atoms with E-state index in [1.165, 1.54) is 36.1 Å². The number of allylic oxidation sites excluding steroid dienone is 2. The standard InChI is InChI=1S/C17H26OSi/c1-4-5-6-8-13-17(14-15-18)19(2,3)16-11-9-7-10-12-16/h7,9-12,14-15H,4-6,8,13H2,1-3H3/b17-14-. The molecule has 0 heterocycles. The maximum Gasteiger partial charge on any atom is 0.142 e. The number of rotatable bonds is 8. The Morgan fingerprint density at radius 1 is 1.11 bits per heavy atom. The van der Waals surface area contributed by atoms with Gasteiger partial charge >= 0.3 is 0 Å². The van der Waals surface area contributed by atoms with Gasteiger partial charge in [-0.1, -0.05) is 80.0 Å². The maximum absolute atomic E-state index is 10.9. The van der Waals surface area contributed by atoms with Gasteiger partial charge in [0.2, 0.25) is 0 Å². The molecule has 0 aliphatic rings. The quantitative estimate of drug-likeness (QED) is 0.300. The van der Waals surface area contributed by atoms with E-state index in [4.69, 9.17) is 0 Å². The van der Waals surface area contributed by atoms with Crippen molar-refractivity contribution in [2.45, 2.75) is 52.1 Å². The van der Waals surface area contributed by atoms with Gasteiger partial charge < -0.3 is 0 Å². The van der Waals surface area contributed by atoms with Crippen LogP contribution >= 0.6 is 0 Å². The lowest BCUT2D eigenvalue weighted by Crippen LogP contribution is -2.43. The first-order chi connectivity index (χ1) is 9.12. The van der Waals surface area contributed by atoms with Crippen molar-refractivity contribution in [3.8, 4) is 0 Å². The highest BCUT2D eigenvalue weighted by atomic mass is 28.3. The minimum Gasteiger partial charge on any atom is -0.299 e. The molecule has 0 aliphatic heterocycles. The molecule has 104 valence electrons. The van der Waals surface area contributed by atoms with Crippen LogP contribution in [0.25, 0.3) is 0 Å². The van der Waals surface area contributed by atoms with Gasteiger partial charge in [-0.05, 0) is 18.9 Å². The Morgan fingerprint density at radius 2 is 1.79 bits per heavy atom. The molecule has 2 heteroatoms. The summed E-state index contributed by atoms with van der Waals surface area (Å²) >= 11 is 0. The fourth-order valence-corrected chi connectivity index (χ4v) is 5.15. The van der Waals surface area contributed by atoms with Crippen molar-refractivity contribution in [3.63, 3.8) is 0 Å². The van der Waals surface area contributed by atoms with Crippen LogP contribution in [-0.2, 0) is 4.79 Å². The smallest absolute Gasteiger partial charge is 0.142 e. The summed E-state index contributed by atoms with van der Waals surface area (Å²) in [6.07, 6.45) is 8.89. The lowest BCUT2D eigenvalue weighted by molar-refractivity contribution is -0.104. The first-order valence-corrected chi connectivity index (χ1v) is 10.3. The summed E-state index contributed by atoms with van der Waals surface area (Å²) in [6, 6.07) is 10.7. The predicted molar refractivity (Wildman–Crippen MR) is 86.5 cm³/mol. The number of carbonyl (C=O) groups is 1. The van der Waals surface area contributed by atoms with E-state index in [0.717, 1.165) is 12.7 Å². The van der Waals surface area contributed by atoms with Crippen LogP contribution in [0.1, 0.15) is 39.0 Å². The average Bonchev–Trinajstić information content (AvgIpc) is 2.43. The summed E-state index contributed by atoms with van der Waals surface area (Å²) in [5, 5.41) is 2.79. The fourth-order valence-electron chi connectivity index (χ4n) is 2.47. The number of aldehydes is 1. The van der Waals surface area contributed by atoms with Gasteiger partial charge in [-0.2, -0.15) is 0 Å². The van der Waals surface area contributed by atoms with Crippen LogP contribution in [0.4, 0.5) is 0 Å². The second-order valence-electron chi connectivity index (χ2n) is 5.63. The Morgan fingerprint density at radius 3 is 2.37 bits per heavy atom. The molecule has 0 saturated heterocycles. The molecule has 0 N–H and O–H groups in total. The summed E-state index contributed by atoms with van der Waals surface area (Å²) in [6.45, 7) is 6.92. The zero-order valence-corrected chi connectivity index (χ0v) is 13.5. The molecule has 1 rings (SSSR count). The number of benzene rings is 1. The number of unbranched alkanes of at least 4 members (excludes halogenated alkanes) is 3. The van der Waals surface area contributed by atoms with E-state index in [1.54, 1.807) is 0 Å². The molecule has 0 fully saturated rings. The van der Waals surface area contributed by atoms with Crippen molar-refractivity contribution in [3.05, 3.63) is 41.6 Å². The summed E-state index contributed by atoms with van der Waals surface area (Å²) in [4.78, 5) is 10.9. The van der Waals surface area contributed by atoms with E-state index in [9.17, 15) is 4.79 Å². The first kappa shape index (κ1) is 15.9. The molecule has 1 aromatic carbocycles. The molecule has 0 amide bonds. The topological polar surface area (TPSA) is 17.1 Å². The fraction of sp³-hybridized carbons (Fsp3) is 0.471. The molecule has 0 aromatic heterocycles. The van der Waals surface area contributed by atoms with Crippen molar-refractivity contribution in [2.24, 2.45) is 0 Å². The minimum atomic E-state index is -1.66. The van der Waals surface area contributed by atoms with E-state index in [0.29, 0.717) is 0 Å². The second kappa shape index (κ2) is 8.11. The summed E-state index contributed by atoms with van der Waals surface area (Å²) in [5.41, 5.74) is 0. The Bertz CT molecular complexity index is 407. The number of carbonyl (C=O) groups excluding carboxylic acids is 1. The van der Waals surface area contributed by atoms with Gasteiger partial charge in [0.15, 0.2) is 0 Å². The third-order valence-corrected chi connectivity index (χ3v) is 7.67. The largest absolute Gasteiger partial charge is 0.299 e. The second-order valence-corrected chi connectivity index (χ2v) is 10.1. The van der Waals surface area contributed by atoms with Crippen LogP contribution in [0.2, 0.25) is 13.1 Å². The molecule has 1 nitrogen and oxygen atoms in total. The first-order valence-electron chi connectivity index (χ1n) is 7.33. The summed E-state index contributed by atoms with van der Waals surface area (Å²) in [7, 11) is -1.66. The molecule has 0 atom stereocenters. The summed E-state index contributed by atoms with van der Waals surface area (Å²) in [5.74, 6) is 0. The van der Waals surface area contributed by atoms with Crippen molar-refractivity contribution < 1.29 is 4.79 Å². The van der Waals surface area contributed by atoms with Crippen LogP contribution < -0.4 is 5.19 Å². The highest BCUT2D eigenvalue weighted by Crippen LogP contribution is 2.21. The van der Waals surface area contributed by atoms with Crippen molar-refractivity contribution in [1.82, 2.24) is 0 Å². The molecule has 0 bridgehead atoms. The van der Waals surface area contributed by atoms with Crippen molar-refractivity contribution >= 4 is 19.5 Å². The predicted octanol–water partition coefficient (Wildman–Crippen LogP) is 4.24. The highest BCUT2D eigenvalue weighted by Gasteiger charge is 2.27. The SMILES string of the molecule is CCCCCC/C(=C/C=O)[Si](C)(C)c1ccccc1. The van der Waals surface area contributed by atoms with Crippen LogP contribution in [0.5, 0.6) is 0 Å². The van der Waals surface area contributed by atoms with Crippen molar-refractivity contribution in [2.75, 3.05) is 0 Å². The monoisotopic (exact) mass is 274 g/mol. The van der Waals surface area contributed by atoms with Gasteiger partial charge in [-0.25, -0.2) is 0 Å². The molecule has 19 heavy (non-hydrogen) atoms. The van der Waals surface area contributed by atoms with Crippen LogP contribution in [-0.4, -0.2) is 14.4 Å². The Labute approximate surface area is 118 Å². The van der Waals surface area contributed by atoms with Gasteiger partial charge in [-0.15, -0.1) is 0 Å². The van der Waals surface area contributed by atoms with Crippen LogP contribution in [0.3, 0.4) is 0 Å². The molecule has 1 aromatic rings. The minimum absolute atomic E-state index is 0.965. The molecule has 0 spiro atoms. The molecule has 0 saturated carbocycles. The summed E-state index contributed by atoms with van der Waals surface area (Å²) < 4.78 is 0. The van der Waals surface area contributed by atoms with Gasteiger partial charge in [-0.3, -0.25) is 4.79 Å². The van der Waals surface area contributed by atoms with Gasteiger partial charge in [0.05, 0.1) is 0 Å². The zero-order chi connectivity index (χ0) is 14.1. The van der Waals surface area contributed by atoms with E-state index in [1.807, 2.05) is 6.08 Å². The number of hydrogen-bond donors (Lipinski definition) is 0. The average molecular weight is 274 g/mol. The van der Waals surface area contributed by atoms with Gasteiger partial charge in [0, 0.05) is 0 Å². The van der Waals surface area contributed by atoms with Crippen LogP contribution in [0, 0.1) is 0 Å². The number of hydrogen-bond acceptors (Lipinski definition) is 1. The van der Waals surface area contributed by atoms with E-state index in [2.05, 4.69) is 50.3 Å². The van der Waals surface area contributed by atoms with E-state index in [-0.39, 0.29) is 0 Å². The highest BCUT2D eigenvalue weighted by molar-refractivity contribution is 6.95. The van der Waals surface area contributed by atoms with Gasteiger partial charge in [0.25, 0.3) is 0 Å². The van der Waals surface area contributed by atoms with Crippen molar-refractivity contribution in [1.29, 1.82) is 0 Å². The maximum atomic E-state index is 10.9. The molecular formula is C17H26OSi. The third-order valence-electron chi connectivity index (χ3n) is 3.87. The Balaban J connectivity index is 2.80. The van der Waals surface area contributed by atoms with Crippen LogP contribution in [0.15, 0.2) is 41.6 Å². The Kier molecular flexibility index (Phi) is 6.78. The lowest BCUT2D eigenvalue weighted by atomic mass is 10.1. The van der Waals surface area contributed by atoms with E-state index < -0.39 is 8.07 Å². The molecular weight excluding hydrogens is 248 g/mol. The molecule has 0 radical (unpaired) electrons. The zero-order valence-electron chi connectivity index (χ0n) is 12.5. The third kappa shape index (κ3) is 4.79. The normalized spacial score (nSPS) is 12.5. The van der Waals surface area contributed by atoms with Gasteiger partial charge in [0.1, 0.15) is 14.4 Å².